The van der Waals surface area contributed by atoms with Gasteiger partial charge in [0.05, 0.1) is 0 Å². The molecule has 3 unspecified atom stereocenters. The Morgan fingerprint density at radius 1 is 1.10 bits per heavy atom. The molecule has 0 saturated carbocycles. The van der Waals surface area contributed by atoms with E-state index in [9.17, 15) is 4.79 Å². The highest BCUT2D eigenvalue weighted by atomic mass is 16.5. The van der Waals surface area contributed by atoms with Crippen molar-refractivity contribution in [1.29, 1.82) is 0 Å². The van der Waals surface area contributed by atoms with Gasteiger partial charge in [-0.25, -0.2) is 0 Å². The fourth-order valence-corrected chi connectivity index (χ4v) is 3.04. The molecule has 2 nitrogen and oxygen atoms in total. The van der Waals surface area contributed by atoms with E-state index < -0.39 is 0 Å². The van der Waals surface area contributed by atoms with E-state index in [1.807, 2.05) is 0 Å². The largest absolute Gasteiger partial charge is 0.384 e. The smallest absolute Gasteiger partial charge is 0.133 e. The minimum absolute atomic E-state index is 0.439. The molecule has 3 atom stereocenters. The second-order valence-corrected chi connectivity index (χ2v) is 6.79. The highest BCUT2D eigenvalue weighted by molar-refractivity contribution is 5.78. The van der Waals surface area contributed by atoms with E-state index in [0.717, 1.165) is 38.2 Å². The number of ether oxygens (including phenoxy) is 1. The van der Waals surface area contributed by atoms with Crippen molar-refractivity contribution in [3.05, 3.63) is 0 Å². The third-order valence-electron chi connectivity index (χ3n) is 4.46. The molecule has 0 radical (unpaired) electrons. The highest BCUT2D eigenvalue weighted by Crippen LogP contribution is 2.27. The zero-order valence-electron chi connectivity index (χ0n) is 14.6. The summed E-state index contributed by atoms with van der Waals surface area (Å²) in [5.74, 6) is 2.92. The molecule has 0 fully saturated rings. The highest BCUT2D eigenvalue weighted by Gasteiger charge is 2.20. The minimum atomic E-state index is 0.439. The maximum absolute atomic E-state index is 12.1. The van der Waals surface area contributed by atoms with Gasteiger partial charge in [-0.05, 0) is 36.5 Å². The first kappa shape index (κ1) is 19.6. The summed E-state index contributed by atoms with van der Waals surface area (Å²) in [6.45, 7) is 12.0. The van der Waals surface area contributed by atoms with Crippen molar-refractivity contribution in [2.24, 2.45) is 23.7 Å². The van der Waals surface area contributed by atoms with E-state index in [1.165, 1.54) is 12.8 Å². The van der Waals surface area contributed by atoms with Gasteiger partial charge in [0.15, 0.2) is 0 Å². The molecule has 0 aromatic heterocycles. The van der Waals surface area contributed by atoms with Crippen molar-refractivity contribution in [1.82, 2.24) is 0 Å². The van der Waals surface area contributed by atoms with Crippen molar-refractivity contribution >= 4 is 5.78 Å². The quantitative estimate of drug-likeness (QED) is 0.498. The molecular formula is C18H36O2. The van der Waals surface area contributed by atoms with Crippen LogP contribution in [0.15, 0.2) is 0 Å². The van der Waals surface area contributed by atoms with Gasteiger partial charge in [0.25, 0.3) is 0 Å². The van der Waals surface area contributed by atoms with Crippen molar-refractivity contribution in [3.8, 4) is 0 Å². The topological polar surface area (TPSA) is 26.3 Å². The van der Waals surface area contributed by atoms with Crippen LogP contribution in [0.5, 0.6) is 0 Å². The van der Waals surface area contributed by atoms with Crippen LogP contribution in [-0.4, -0.2) is 19.5 Å². The fourth-order valence-electron chi connectivity index (χ4n) is 3.04. The molecule has 0 aliphatic heterocycles. The molecule has 0 spiro atoms. The molecule has 0 saturated heterocycles. The first-order valence-electron chi connectivity index (χ1n) is 8.45. The molecule has 0 rings (SSSR count). The summed E-state index contributed by atoms with van der Waals surface area (Å²) in [5, 5.41) is 0. The Labute approximate surface area is 126 Å². The third-order valence-corrected chi connectivity index (χ3v) is 4.46. The molecule has 0 aromatic rings. The van der Waals surface area contributed by atoms with Gasteiger partial charge in [-0.2, -0.15) is 0 Å². The van der Waals surface area contributed by atoms with E-state index in [4.69, 9.17) is 4.74 Å². The molecule has 0 N–H and O–H groups in total. The van der Waals surface area contributed by atoms with Crippen LogP contribution >= 0.6 is 0 Å². The van der Waals surface area contributed by atoms with Gasteiger partial charge in [0.2, 0.25) is 0 Å². The predicted octanol–water partition coefficient (Wildman–Crippen LogP) is 5.11. The van der Waals surface area contributed by atoms with Crippen LogP contribution in [0, 0.1) is 23.7 Å². The van der Waals surface area contributed by atoms with Crippen LogP contribution in [0.25, 0.3) is 0 Å². The summed E-state index contributed by atoms with van der Waals surface area (Å²) in [6.07, 6.45) is 6.00. The molecule has 120 valence electrons. The van der Waals surface area contributed by atoms with Crippen molar-refractivity contribution in [2.45, 2.75) is 73.1 Å². The number of hydrogen-bond donors (Lipinski definition) is 0. The van der Waals surface area contributed by atoms with Crippen molar-refractivity contribution in [2.75, 3.05) is 13.7 Å². The van der Waals surface area contributed by atoms with Crippen LogP contribution in [0.3, 0.4) is 0 Å². The predicted molar refractivity (Wildman–Crippen MR) is 86.9 cm³/mol. The van der Waals surface area contributed by atoms with Gasteiger partial charge in [-0.1, -0.05) is 47.5 Å². The molecule has 0 amide bonds. The van der Waals surface area contributed by atoms with E-state index in [1.54, 1.807) is 7.11 Å². The monoisotopic (exact) mass is 284 g/mol. The maximum Gasteiger partial charge on any atom is 0.133 e. The van der Waals surface area contributed by atoms with Gasteiger partial charge < -0.3 is 4.74 Å². The van der Waals surface area contributed by atoms with Crippen LogP contribution in [0.4, 0.5) is 0 Å². The van der Waals surface area contributed by atoms with Gasteiger partial charge in [-0.15, -0.1) is 0 Å². The lowest BCUT2D eigenvalue weighted by molar-refractivity contribution is -0.120. The van der Waals surface area contributed by atoms with Crippen LogP contribution in [-0.2, 0) is 9.53 Å². The summed E-state index contributed by atoms with van der Waals surface area (Å²) >= 11 is 0. The molecular weight excluding hydrogens is 248 g/mol. The van der Waals surface area contributed by atoms with E-state index in [0.29, 0.717) is 23.5 Å². The summed E-state index contributed by atoms with van der Waals surface area (Å²) in [5.41, 5.74) is 0. The third kappa shape index (κ3) is 8.73. The van der Waals surface area contributed by atoms with Gasteiger partial charge >= 0.3 is 0 Å². The number of rotatable bonds is 12. The Kier molecular flexibility index (Phi) is 11.1. The zero-order valence-corrected chi connectivity index (χ0v) is 14.6. The SMILES string of the molecule is CCC(CCC(=O)CC(C)C(CC)CC(C)C)COC. The Hall–Kier alpha value is -0.370. The molecule has 0 aromatic carbocycles. The molecule has 0 aliphatic carbocycles. The Bertz CT molecular complexity index is 248. The van der Waals surface area contributed by atoms with E-state index >= 15 is 0 Å². The average Bonchev–Trinajstić information content (AvgIpc) is 2.40. The Morgan fingerprint density at radius 2 is 1.75 bits per heavy atom. The molecule has 0 aliphatic rings. The van der Waals surface area contributed by atoms with Gasteiger partial charge in [0.1, 0.15) is 5.78 Å². The normalized spacial score (nSPS) is 16.1. The molecule has 0 bridgehead atoms. The van der Waals surface area contributed by atoms with E-state index in [2.05, 4.69) is 34.6 Å². The first-order chi connectivity index (χ1) is 9.44. The number of methoxy groups -OCH3 is 1. The molecule has 20 heavy (non-hydrogen) atoms. The lowest BCUT2D eigenvalue weighted by Crippen LogP contribution is -2.18. The standard InChI is InChI=1S/C18H36O2/c1-7-16(13-20-6)9-10-18(19)12-15(5)17(8-2)11-14(3)4/h14-17H,7-13H2,1-6H3. The van der Waals surface area contributed by atoms with Crippen LogP contribution < -0.4 is 0 Å². The van der Waals surface area contributed by atoms with Crippen LogP contribution in [0.1, 0.15) is 73.1 Å². The van der Waals surface area contributed by atoms with Crippen molar-refractivity contribution < 1.29 is 9.53 Å². The van der Waals surface area contributed by atoms with Crippen molar-refractivity contribution in [3.63, 3.8) is 0 Å². The summed E-state index contributed by atoms with van der Waals surface area (Å²) in [7, 11) is 1.74. The lowest BCUT2D eigenvalue weighted by Gasteiger charge is -2.24. The Balaban J connectivity index is 4.10. The second kappa shape index (κ2) is 11.3. The Morgan fingerprint density at radius 3 is 2.20 bits per heavy atom. The number of ketones is 1. The second-order valence-electron chi connectivity index (χ2n) is 6.79. The summed E-state index contributed by atoms with van der Waals surface area (Å²) < 4.78 is 5.20. The number of hydrogen-bond acceptors (Lipinski definition) is 2. The number of carbonyl (C=O) groups excluding carboxylic acids is 1. The zero-order chi connectivity index (χ0) is 15.5. The summed E-state index contributed by atoms with van der Waals surface area (Å²) in [4.78, 5) is 12.1. The summed E-state index contributed by atoms with van der Waals surface area (Å²) in [6, 6.07) is 0. The number of carbonyl (C=O) groups is 1. The van der Waals surface area contributed by atoms with Gasteiger partial charge in [0, 0.05) is 26.6 Å². The molecule has 2 heteroatoms. The van der Waals surface area contributed by atoms with Gasteiger partial charge in [-0.3, -0.25) is 4.79 Å². The number of Topliss-reactive ketones (excluding diaryl/α,β-unsaturated/α-hetero) is 1. The van der Waals surface area contributed by atoms with E-state index in [-0.39, 0.29) is 0 Å². The minimum Gasteiger partial charge on any atom is -0.384 e. The maximum atomic E-state index is 12.1. The molecule has 0 heterocycles. The van der Waals surface area contributed by atoms with Crippen LogP contribution in [0.2, 0.25) is 0 Å². The first-order valence-corrected chi connectivity index (χ1v) is 8.45. The average molecular weight is 284 g/mol. The lowest BCUT2D eigenvalue weighted by atomic mass is 9.81. The fraction of sp³-hybridized carbons (Fsp3) is 0.944.